The fourth-order valence-corrected chi connectivity index (χ4v) is 18.0. The highest BCUT2D eigenvalue weighted by Gasteiger charge is 2.58. The van der Waals surface area contributed by atoms with Gasteiger partial charge in [0.05, 0.1) is 21.9 Å². The highest BCUT2D eigenvalue weighted by Crippen LogP contribution is 2.68. The van der Waals surface area contributed by atoms with Crippen LogP contribution in [0.3, 0.4) is 0 Å². The summed E-state index contributed by atoms with van der Waals surface area (Å²) < 4.78 is 7.00. The number of benzene rings is 9. The first-order valence-corrected chi connectivity index (χ1v) is 28.8. The Bertz CT molecular complexity index is 4290. The topological polar surface area (TPSA) is 12.5 Å². The third-order valence-corrected chi connectivity index (χ3v) is 20.6. The van der Waals surface area contributed by atoms with E-state index in [9.17, 15) is 0 Å². The van der Waals surface area contributed by atoms with Gasteiger partial charge in [-0.2, -0.15) is 0 Å². The van der Waals surface area contributed by atoms with Crippen molar-refractivity contribution in [2.75, 3.05) is 4.90 Å². The van der Waals surface area contributed by atoms with Crippen molar-refractivity contribution < 1.29 is 4.74 Å². The van der Waals surface area contributed by atoms with Crippen molar-refractivity contribution in [2.45, 2.75) is 57.8 Å². The van der Waals surface area contributed by atoms with Crippen molar-refractivity contribution in [3.63, 3.8) is 0 Å². The number of hydrogen-bond acceptors (Lipinski definition) is 3. The van der Waals surface area contributed by atoms with Crippen LogP contribution in [0.4, 0.5) is 5.69 Å². The lowest BCUT2D eigenvalue weighted by Gasteiger charge is -2.48. The van der Waals surface area contributed by atoms with Crippen molar-refractivity contribution in [3.8, 4) is 28.0 Å². The lowest BCUT2D eigenvalue weighted by Crippen LogP contribution is -2.48. The molecule has 3 atom stereocenters. The maximum absolute atomic E-state index is 7.00. The first-order chi connectivity index (χ1) is 38.7. The van der Waals surface area contributed by atoms with Crippen molar-refractivity contribution in [3.05, 3.63) is 333 Å². The van der Waals surface area contributed by atoms with E-state index < -0.39 is 16.2 Å². The van der Waals surface area contributed by atoms with Gasteiger partial charge in [0, 0.05) is 38.2 Å². The molecule has 9 aromatic carbocycles. The van der Waals surface area contributed by atoms with Gasteiger partial charge in [0.25, 0.3) is 0 Å². The molecule has 0 N–H and O–H groups in total. The van der Waals surface area contributed by atoms with Crippen LogP contribution in [0.5, 0.6) is 5.75 Å². The summed E-state index contributed by atoms with van der Waals surface area (Å²) in [5.74, 6) is 1.04. The second kappa shape index (κ2) is 15.7. The van der Waals surface area contributed by atoms with E-state index in [4.69, 9.17) is 4.74 Å². The van der Waals surface area contributed by atoms with Gasteiger partial charge in [-0.3, -0.25) is 0 Å². The van der Waals surface area contributed by atoms with Crippen LogP contribution in [-0.4, -0.2) is 6.10 Å². The minimum atomic E-state index is -0.482. The number of rotatable bonds is 3. The quantitative estimate of drug-likeness (QED) is 0.175. The molecule has 0 saturated carbocycles. The van der Waals surface area contributed by atoms with E-state index in [1.807, 2.05) is 11.8 Å². The number of ether oxygens (including phenoxy) is 1. The molecule has 7 aliphatic carbocycles. The molecule has 2 nitrogen and oxygen atoms in total. The Hall–Kier alpha value is -8.63. The molecule has 78 heavy (non-hydrogen) atoms. The van der Waals surface area contributed by atoms with Crippen molar-refractivity contribution >= 4 is 28.6 Å². The van der Waals surface area contributed by atoms with E-state index in [2.05, 4.69) is 254 Å². The molecule has 368 valence electrons. The zero-order chi connectivity index (χ0) is 50.9. The number of anilines is 1. The zero-order valence-electron chi connectivity index (χ0n) is 42.9. The van der Waals surface area contributed by atoms with Crippen LogP contribution in [0.25, 0.3) is 33.4 Å². The van der Waals surface area contributed by atoms with Crippen LogP contribution < -0.4 is 9.64 Å². The molecule has 2 heterocycles. The van der Waals surface area contributed by atoms with Gasteiger partial charge >= 0.3 is 0 Å². The predicted molar refractivity (Wildman–Crippen MR) is 317 cm³/mol. The molecule has 3 heteroatoms. The summed E-state index contributed by atoms with van der Waals surface area (Å²) in [6.45, 7) is 0. The van der Waals surface area contributed by atoms with Gasteiger partial charge < -0.3 is 9.64 Å². The van der Waals surface area contributed by atoms with Crippen LogP contribution >= 0.6 is 11.8 Å². The van der Waals surface area contributed by atoms with Crippen LogP contribution in [0.2, 0.25) is 0 Å². The summed E-state index contributed by atoms with van der Waals surface area (Å²) in [5.41, 5.74) is 28.6. The third-order valence-electron chi connectivity index (χ3n) is 19.5. The fourth-order valence-electron chi connectivity index (χ4n) is 16.8. The van der Waals surface area contributed by atoms with Crippen molar-refractivity contribution in [1.82, 2.24) is 0 Å². The summed E-state index contributed by atoms with van der Waals surface area (Å²) in [6.07, 6.45) is 18.1. The Kier molecular flexibility index (Phi) is 8.78. The largest absolute Gasteiger partial charge is 0.485 e. The van der Waals surface area contributed by atoms with Gasteiger partial charge in [-0.05, 0) is 163 Å². The van der Waals surface area contributed by atoms with Gasteiger partial charge in [-0.1, -0.05) is 218 Å². The molecule has 18 rings (SSSR count). The summed E-state index contributed by atoms with van der Waals surface area (Å²) in [4.78, 5) is 5.47. The Labute approximate surface area is 459 Å². The molecule has 0 amide bonds. The standard InChI is InChI=1S/C75H51NOS/c1-6-25-55-48(20-1)49-21-2-7-26-56(49)73(55)59-29-10-5-24-54(59)72-64(73)34-19-35-67(72)76(46-40-42-52-50-22-3-8-27-57(50)74(65(52)44-46)60-30-11-15-36-68(60)77-69-37-16-12-31-61(69)74)47-41-43-53-51-23-4-9-28-58(51)75(66(53)45-47)62-32-13-17-38-70(62)78-71-39-18-14-33-63(71)75/h1-39,44-45,60,68H,40-43H2. The maximum Gasteiger partial charge on any atom is 0.125 e. The number of para-hydroxylation sites is 1. The van der Waals surface area contributed by atoms with Gasteiger partial charge in [-0.25, -0.2) is 0 Å². The van der Waals surface area contributed by atoms with Crippen LogP contribution in [0.1, 0.15) is 86.9 Å². The SMILES string of the molecule is C1=CC2Oc3ccccc3C3(C4=C(CCC(N(C5=CC6=C(CC5)c5ccccc5C65c6ccccc6Sc6ccccc65)c5cccc6c5-c5ccccc5C65c6ccccc6-c6ccccc65)=C4)c4ccccc43)C2C=C1. The van der Waals surface area contributed by atoms with Gasteiger partial charge in [-0.15, -0.1) is 0 Å². The molecule has 9 aliphatic rings. The average molecular weight is 1010 g/mol. The average Bonchev–Trinajstić information content (AvgIpc) is 3.77. The van der Waals surface area contributed by atoms with E-state index in [0.29, 0.717) is 0 Å². The Balaban J connectivity index is 0.935. The number of allylic oxidation sites excluding steroid dienone is 10. The first-order valence-electron chi connectivity index (χ1n) is 28.0. The first kappa shape index (κ1) is 43.5. The molecule has 9 aromatic rings. The second-order valence-electron chi connectivity index (χ2n) is 22.6. The van der Waals surface area contributed by atoms with Crippen molar-refractivity contribution in [2.24, 2.45) is 5.92 Å². The highest BCUT2D eigenvalue weighted by molar-refractivity contribution is 7.99. The summed E-state index contributed by atoms with van der Waals surface area (Å²) in [5, 5.41) is 0. The molecule has 3 unspecified atom stereocenters. The Morgan fingerprint density at radius 1 is 0.385 bits per heavy atom. The Morgan fingerprint density at radius 2 is 0.859 bits per heavy atom. The molecule has 0 fully saturated rings. The summed E-state index contributed by atoms with van der Waals surface area (Å²) in [7, 11) is 0. The van der Waals surface area contributed by atoms with E-state index in [1.165, 1.54) is 133 Å². The molecule has 0 radical (unpaired) electrons. The van der Waals surface area contributed by atoms with E-state index >= 15 is 0 Å². The molecule has 0 bridgehead atoms. The number of nitrogens with zero attached hydrogens (tertiary/aromatic N) is 1. The zero-order valence-corrected chi connectivity index (χ0v) is 43.7. The molecule has 2 aliphatic heterocycles. The minimum absolute atomic E-state index is 0.0630. The second-order valence-corrected chi connectivity index (χ2v) is 23.7. The summed E-state index contributed by atoms with van der Waals surface area (Å²) in [6, 6.07) is 81.3. The van der Waals surface area contributed by atoms with E-state index in [0.717, 1.165) is 31.4 Å². The molecule has 0 aromatic heterocycles. The monoisotopic (exact) mass is 1010 g/mol. The fraction of sp³-hybridized carbons (Fsp3) is 0.120. The number of fused-ring (bicyclic) bond motifs is 26. The van der Waals surface area contributed by atoms with E-state index in [-0.39, 0.29) is 12.0 Å². The summed E-state index contributed by atoms with van der Waals surface area (Å²) >= 11 is 1.92. The van der Waals surface area contributed by atoms with E-state index in [1.54, 1.807) is 0 Å². The normalized spacial score (nSPS) is 21.6. The van der Waals surface area contributed by atoms with Gasteiger partial charge in [0.1, 0.15) is 11.9 Å². The lowest BCUT2D eigenvalue weighted by atomic mass is 9.59. The minimum Gasteiger partial charge on any atom is -0.485 e. The lowest BCUT2D eigenvalue weighted by molar-refractivity contribution is 0.140. The third kappa shape index (κ3) is 5.22. The smallest absolute Gasteiger partial charge is 0.125 e. The highest BCUT2D eigenvalue weighted by atomic mass is 32.2. The maximum atomic E-state index is 7.00. The molecular weight excluding hydrogens is 963 g/mol. The van der Waals surface area contributed by atoms with Gasteiger partial charge in [0.2, 0.25) is 0 Å². The molecule has 0 saturated heterocycles. The van der Waals surface area contributed by atoms with Crippen molar-refractivity contribution in [1.29, 1.82) is 0 Å². The van der Waals surface area contributed by atoms with Crippen LogP contribution in [0.15, 0.2) is 281 Å². The molecular formula is C75H51NOS. The van der Waals surface area contributed by atoms with Crippen LogP contribution in [-0.2, 0) is 16.2 Å². The van der Waals surface area contributed by atoms with Gasteiger partial charge in [0.15, 0.2) is 0 Å². The van der Waals surface area contributed by atoms with Crippen LogP contribution in [0, 0.1) is 5.92 Å². The number of hydrogen-bond donors (Lipinski definition) is 0. The predicted octanol–water partition coefficient (Wildman–Crippen LogP) is 17.7. The Morgan fingerprint density at radius 3 is 1.53 bits per heavy atom. The molecule has 3 spiro atoms.